The van der Waals surface area contributed by atoms with E-state index in [1.807, 2.05) is 12.1 Å². The molecule has 1 aromatic carbocycles. The Morgan fingerprint density at radius 3 is 2.59 bits per heavy atom. The number of nitriles is 1. The number of ether oxygens (including phenoxy) is 1. The standard InChI is InChI=1S/C13H11N3O/c14-8-10-4-6-12(7-5-10)17-9-11-2-1-3-13(15)16-11/h1-7H,9H2,(H2,15,16). The van der Waals surface area contributed by atoms with Gasteiger partial charge in [-0.05, 0) is 36.4 Å². The molecule has 84 valence electrons. The van der Waals surface area contributed by atoms with E-state index in [1.54, 1.807) is 30.3 Å². The topological polar surface area (TPSA) is 71.9 Å². The van der Waals surface area contributed by atoms with Gasteiger partial charge in [-0.15, -0.1) is 0 Å². The van der Waals surface area contributed by atoms with E-state index >= 15 is 0 Å². The maximum absolute atomic E-state index is 8.65. The van der Waals surface area contributed by atoms with Crippen LogP contribution in [0.5, 0.6) is 5.75 Å². The van der Waals surface area contributed by atoms with Crippen molar-refractivity contribution < 1.29 is 4.74 Å². The molecule has 0 amide bonds. The van der Waals surface area contributed by atoms with Crippen molar-refractivity contribution >= 4 is 5.82 Å². The number of nitrogen functional groups attached to an aromatic ring is 1. The predicted molar refractivity (Wildman–Crippen MR) is 64.1 cm³/mol. The third-order valence-corrected chi connectivity index (χ3v) is 2.20. The summed E-state index contributed by atoms with van der Waals surface area (Å²) in [6, 6.07) is 14.4. The molecule has 4 nitrogen and oxygen atoms in total. The van der Waals surface area contributed by atoms with Gasteiger partial charge in [-0.25, -0.2) is 4.98 Å². The zero-order valence-corrected chi connectivity index (χ0v) is 9.13. The molecule has 0 spiro atoms. The Balaban J connectivity index is 2.00. The molecule has 0 atom stereocenters. The number of aromatic nitrogens is 1. The molecule has 1 aromatic heterocycles. The lowest BCUT2D eigenvalue weighted by Crippen LogP contribution is -2.00. The second kappa shape index (κ2) is 4.99. The molecule has 0 aliphatic heterocycles. The average Bonchev–Trinajstić information content (AvgIpc) is 2.37. The Labute approximate surface area is 99.3 Å². The first kappa shape index (κ1) is 11.0. The number of nitrogens with two attached hydrogens (primary N) is 1. The largest absolute Gasteiger partial charge is 0.487 e. The van der Waals surface area contributed by atoms with Crippen molar-refractivity contribution in [2.45, 2.75) is 6.61 Å². The number of hydrogen-bond acceptors (Lipinski definition) is 4. The van der Waals surface area contributed by atoms with Gasteiger partial charge in [-0.1, -0.05) is 6.07 Å². The minimum atomic E-state index is 0.358. The molecule has 0 saturated carbocycles. The highest BCUT2D eigenvalue weighted by Crippen LogP contribution is 2.13. The van der Waals surface area contributed by atoms with Crippen molar-refractivity contribution in [2.24, 2.45) is 0 Å². The van der Waals surface area contributed by atoms with Crippen molar-refractivity contribution in [3.8, 4) is 11.8 Å². The third kappa shape index (κ3) is 2.95. The first-order valence-corrected chi connectivity index (χ1v) is 5.12. The quantitative estimate of drug-likeness (QED) is 0.868. The molecule has 0 unspecified atom stereocenters. The van der Waals surface area contributed by atoms with Crippen LogP contribution in [0.15, 0.2) is 42.5 Å². The number of pyridine rings is 1. The molecule has 0 radical (unpaired) electrons. The highest BCUT2D eigenvalue weighted by molar-refractivity contribution is 5.34. The van der Waals surface area contributed by atoms with Gasteiger partial charge in [0, 0.05) is 0 Å². The van der Waals surface area contributed by atoms with Gasteiger partial charge in [0.05, 0.1) is 17.3 Å². The number of anilines is 1. The number of nitrogens with zero attached hydrogens (tertiary/aromatic N) is 2. The van der Waals surface area contributed by atoms with Gasteiger partial charge in [0.15, 0.2) is 0 Å². The Morgan fingerprint density at radius 2 is 1.94 bits per heavy atom. The van der Waals surface area contributed by atoms with E-state index in [0.29, 0.717) is 23.7 Å². The summed E-state index contributed by atoms with van der Waals surface area (Å²) in [6.45, 7) is 0.358. The first-order valence-electron chi connectivity index (χ1n) is 5.12. The molecule has 0 fully saturated rings. The second-order valence-corrected chi connectivity index (χ2v) is 3.48. The Bertz CT molecular complexity index is 543. The molecule has 4 heteroatoms. The van der Waals surface area contributed by atoms with Crippen molar-refractivity contribution in [1.29, 1.82) is 5.26 Å². The van der Waals surface area contributed by atoms with Gasteiger partial charge < -0.3 is 10.5 Å². The second-order valence-electron chi connectivity index (χ2n) is 3.48. The molecule has 2 N–H and O–H groups in total. The van der Waals surface area contributed by atoms with Gasteiger partial charge in [0.25, 0.3) is 0 Å². The highest BCUT2D eigenvalue weighted by Gasteiger charge is 1.98. The van der Waals surface area contributed by atoms with Crippen LogP contribution >= 0.6 is 0 Å². The summed E-state index contributed by atoms with van der Waals surface area (Å²) in [6.07, 6.45) is 0. The minimum absolute atomic E-state index is 0.358. The maximum atomic E-state index is 8.65. The molecule has 0 bridgehead atoms. The third-order valence-electron chi connectivity index (χ3n) is 2.20. The van der Waals surface area contributed by atoms with Gasteiger partial charge in [0.1, 0.15) is 18.2 Å². The molecular weight excluding hydrogens is 214 g/mol. The Kier molecular flexibility index (Phi) is 3.22. The van der Waals surface area contributed by atoms with E-state index in [2.05, 4.69) is 11.1 Å². The number of rotatable bonds is 3. The Morgan fingerprint density at radius 1 is 1.18 bits per heavy atom. The number of hydrogen-bond donors (Lipinski definition) is 1. The fourth-order valence-corrected chi connectivity index (χ4v) is 1.36. The van der Waals surface area contributed by atoms with Crippen molar-refractivity contribution in [2.75, 3.05) is 5.73 Å². The van der Waals surface area contributed by atoms with E-state index in [1.165, 1.54) is 0 Å². The fourth-order valence-electron chi connectivity index (χ4n) is 1.36. The zero-order valence-electron chi connectivity index (χ0n) is 9.13. The average molecular weight is 225 g/mol. The summed E-state index contributed by atoms with van der Waals surface area (Å²) < 4.78 is 5.52. The normalized spacial score (nSPS) is 9.59. The lowest BCUT2D eigenvalue weighted by molar-refractivity contribution is 0.301. The van der Waals surface area contributed by atoms with E-state index in [0.717, 1.165) is 5.69 Å². The summed E-state index contributed by atoms with van der Waals surface area (Å²) >= 11 is 0. The molecule has 1 heterocycles. The van der Waals surface area contributed by atoms with E-state index in [4.69, 9.17) is 15.7 Å². The first-order chi connectivity index (χ1) is 8.28. The van der Waals surface area contributed by atoms with Crippen LogP contribution in [0.3, 0.4) is 0 Å². The summed E-state index contributed by atoms with van der Waals surface area (Å²) in [5.74, 6) is 1.18. The van der Waals surface area contributed by atoms with Crippen LogP contribution in [0.25, 0.3) is 0 Å². The van der Waals surface area contributed by atoms with Gasteiger partial charge >= 0.3 is 0 Å². The van der Waals surface area contributed by atoms with Crippen LogP contribution < -0.4 is 10.5 Å². The monoisotopic (exact) mass is 225 g/mol. The van der Waals surface area contributed by atoms with Crippen molar-refractivity contribution in [1.82, 2.24) is 4.98 Å². The Hall–Kier alpha value is -2.54. The van der Waals surface area contributed by atoms with E-state index in [-0.39, 0.29) is 0 Å². The molecule has 2 rings (SSSR count). The van der Waals surface area contributed by atoms with E-state index in [9.17, 15) is 0 Å². The summed E-state index contributed by atoms with van der Waals surface area (Å²) in [4.78, 5) is 4.12. The van der Waals surface area contributed by atoms with Crippen LogP contribution in [0, 0.1) is 11.3 Å². The molecular formula is C13H11N3O. The van der Waals surface area contributed by atoms with Crippen LogP contribution in [-0.2, 0) is 6.61 Å². The zero-order chi connectivity index (χ0) is 12.1. The summed E-state index contributed by atoms with van der Waals surface area (Å²) in [7, 11) is 0. The maximum Gasteiger partial charge on any atom is 0.130 e. The summed E-state index contributed by atoms with van der Waals surface area (Å²) in [5.41, 5.74) is 6.95. The van der Waals surface area contributed by atoms with Gasteiger partial charge in [-0.3, -0.25) is 0 Å². The lowest BCUT2D eigenvalue weighted by atomic mass is 10.2. The van der Waals surface area contributed by atoms with Crippen LogP contribution in [-0.4, -0.2) is 4.98 Å². The molecule has 2 aromatic rings. The van der Waals surface area contributed by atoms with Crippen LogP contribution in [0.1, 0.15) is 11.3 Å². The SMILES string of the molecule is N#Cc1ccc(OCc2cccc(N)n2)cc1. The van der Waals surface area contributed by atoms with Crippen LogP contribution in [0.4, 0.5) is 5.82 Å². The summed E-state index contributed by atoms with van der Waals surface area (Å²) in [5, 5.41) is 8.65. The van der Waals surface area contributed by atoms with Crippen LogP contribution in [0.2, 0.25) is 0 Å². The van der Waals surface area contributed by atoms with E-state index < -0.39 is 0 Å². The molecule has 17 heavy (non-hydrogen) atoms. The molecule has 0 aliphatic rings. The predicted octanol–water partition coefficient (Wildman–Crippen LogP) is 2.11. The molecule has 0 saturated heterocycles. The fraction of sp³-hybridized carbons (Fsp3) is 0.0769. The van der Waals surface area contributed by atoms with Gasteiger partial charge in [-0.2, -0.15) is 5.26 Å². The smallest absolute Gasteiger partial charge is 0.130 e. The lowest BCUT2D eigenvalue weighted by Gasteiger charge is -2.05. The van der Waals surface area contributed by atoms with Crippen molar-refractivity contribution in [3.05, 3.63) is 53.7 Å². The highest BCUT2D eigenvalue weighted by atomic mass is 16.5. The molecule has 0 aliphatic carbocycles. The number of benzene rings is 1. The minimum Gasteiger partial charge on any atom is -0.487 e. The van der Waals surface area contributed by atoms with Gasteiger partial charge in [0.2, 0.25) is 0 Å². The van der Waals surface area contributed by atoms with Crippen molar-refractivity contribution in [3.63, 3.8) is 0 Å².